The SMILES string of the molecule is Cc1[nH]ncc1-c1ccc2ncc(-c3ccncc3)n2n1. The van der Waals surface area contributed by atoms with E-state index in [1.165, 1.54) is 0 Å². The van der Waals surface area contributed by atoms with Crippen LogP contribution in [-0.4, -0.2) is 29.8 Å². The van der Waals surface area contributed by atoms with E-state index < -0.39 is 0 Å². The summed E-state index contributed by atoms with van der Waals surface area (Å²) in [6.07, 6.45) is 7.13. The largest absolute Gasteiger partial charge is 0.282 e. The van der Waals surface area contributed by atoms with Gasteiger partial charge in [0.2, 0.25) is 0 Å². The fraction of sp³-hybridized carbons (Fsp3) is 0.0667. The number of pyridine rings is 1. The smallest absolute Gasteiger partial charge is 0.154 e. The topological polar surface area (TPSA) is 71.8 Å². The van der Waals surface area contributed by atoms with Crippen molar-refractivity contribution in [2.45, 2.75) is 6.92 Å². The Morgan fingerprint density at radius 1 is 1.05 bits per heavy atom. The lowest BCUT2D eigenvalue weighted by molar-refractivity contribution is 0.947. The number of H-pyrrole nitrogens is 1. The number of hydrogen-bond donors (Lipinski definition) is 1. The first-order valence-electron chi connectivity index (χ1n) is 6.58. The van der Waals surface area contributed by atoms with E-state index in [1.807, 2.05) is 41.9 Å². The molecule has 0 fully saturated rings. The molecule has 0 atom stereocenters. The van der Waals surface area contributed by atoms with Gasteiger partial charge in [-0.1, -0.05) is 0 Å². The van der Waals surface area contributed by atoms with Gasteiger partial charge in [0.25, 0.3) is 0 Å². The summed E-state index contributed by atoms with van der Waals surface area (Å²) in [5.41, 5.74) is 5.63. The molecule has 0 aliphatic carbocycles. The van der Waals surface area contributed by atoms with E-state index in [9.17, 15) is 0 Å². The summed E-state index contributed by atoms with van der Waals surface area (Å²) in [5, 5.41) is 11.7. The minimum Gasteiger partial charge on any atom is -0.282 e. The van der Waals surface area contributed by atoms with Crippen LogP contribution in [0.15, 0.2) is 49.1 Å². The van der Waals surface area contributed by atoms with Gasteiger partial charge in [0, 0.05) is 29.2 Å². The highest BCUT2D eigenvalue weighted by atomic mass is 15.3. The van der Waals surface area contributed by atoms with Gasteiger partial charge >= 0.3 is 0 Å². The molecule has 1 N–H and O–H groups in total. The molecule has 6 nitrogen and oxygen atoms in total. The minimum atomic E-state index is 0.812. The molecule has 0 radical (unpaired) electrons. The molecule has 0 bridgehead atoms. The number of nitrogens with zero attached hydrogens (tertiary/aromatic N) is 5. The van der Waals surface area contributed by atoms with Gasteiger partial charge in [0.05, 0.1) is 23.8 Å². The standard InChI is InChI=1S/C15H12N6/c1-10-12(8-18-19-10)13-2-3-15-17-9-14(21(15)20-13)11-4-6-16-7-5-11/h2-9H,1H3,(H,18,19). The number of aryl methyl sites for hydroxylation is 1. The molecule has 0 saturated heterocycles. The number of imidazole rings is 1. The van der Waals surface area contributed by atoms with E-state index in [1.54, 1.807) is 18.6 Å². The van der Waals surface area contributed by atoms with E-state index in [4.69, 9.17) is 0 Å². The lowest BCUT2D eigenvalue weighted by Crippen LogP contribution is -1.97. The second-order valence-corrected chi connectivity index (χ2v) is 4.78. The molecule has 0 aromatic carbocycles. The van der Waals surface area contributed by atoms with Crippen LogP contribution in [0.3, 0.4) is 0 Å². The first-order valence-corrected chi connectivity index (χ1v) is 6.58. The van der Waals surface area contributed by atoms with Crippen LogP contribution in [0.5, 0.6) is 0 Å². The maximum absolute atomic E-state index is 4.69. The van der Waals surface area contributed by atoms with Crippen LogP contribution >= 0.6 is 0 Å². The minimum absolute atomic E-state index is 0.812. The summed E-state index contributed by atoms with van der Waals surface area (Å²) in [6.45, 7) is 1.98. The molecular formula is C15H12N6. The predicted molar refractivity (Wildman–Crippen MR) is 78.5 cm³/mol. The summed E-state index contributed by atoms with van der Waals surface area (Å²) >= 11 is 0. The molecule has 4 rings (SSSR count). The normalized spacial score (nSPS) is 11.1. The zero-order valence-electron chi connectivity index (χ0n) is 11.4. The Bertz CT molecular complexity index is 906. The summed E-state index contributed by atoms with van der Waals surface area (Å²) in [6, 6.07) is 7.80. The average molecular weight is 276 g/mol. The van der Waals surface area contributed by atoms with Crippen LogP contribution in [0.25, 0.3) is 28.2 Å². The van der Waals surface area contributed by atoms with Crippen LogP contribution in [0.2, 0.25) is 0 Å². The third-order valence-electron chi connectivity index (χ3n) is 3.44. The molecule has 0 spiro atoms. The van der Waals surface area contributed by atoms with Crippen molar-refractivity contribution in [3.05, 3.63) is 54.7 Å². The maximum Gasteiger partial charge on any atom is 0.154 e. The Kier molecular flexibility index (Phi) is 2.53. The molecular weight excluding hydrogens is 264 g/mol. The Balaban J connectivity index is 1.93. The van der Waals surface area contributed by atoms with Gasteiger partial charge in [-0.05, 0) is 31.2 Å². The maximum atomic E-state index is 4.69. The van der Waals surface area contributed by atoms with Gasteiger partial charge in [-0.15, -0.1) is 0 Å². The molecule has 21 heavy (non-hydrogen) atoms. The van der Waals surface area contributed by atoms with E-state index in [0.29, 0.717) is 0 Å². The lowest BCUT2D eigenvalue weighted by Gasteiger charge is -2.03. The second-order valence-electron chi connectivity index (χ2n) is 4.78. The van der Waals surface area contributed by atoms with E-state index in [-0.39, 0.29) is 0 Å². The zero-order valence-corrected chi connectivity index (χ0v) is 11.4. The van der Waals surface area contributed by atoms with Crippen molar-refractivity contribution in [2.75, 3.05) is 0 Å². The van der Waals surface area contributed by atoms with Gasteiger partial charge in [0.1, 0.15) is 0 Å². The van der Waals surface area contributed by atoms with Crippen LogP contribution < -0.4 is 0 Å². The van der Waals surface area contributed by atoms with Crippen molar-refractivity contribution in [1.29, 1.82) is 0 Å². The molecule has 4 aromatic rings. The molecule has 0 saturated carbocycles. The number of hydrogen-bond acceptors (Lipinski definition) is 4. The van der Waals surface area contributed by atoms with Crippen molar-refractivity contribution < 1.29 is 0 Å². The van der Waals surface area contributed by atoms with E-state index in [0.717, 1.165) is 33.9 Å². The Labute approximate surface area is 120 Å². The van der Waals surface area contributed by atoms with Gasteiger partial charge < -0.3 is 0 Å². The van der Waals surface area contributed by atoms with Crippen LogP contribution in [0.1, 0.15) is 5.69 Å². The van der Waals surface area contributed by atoms with Gasteiger partial charge in [-0.2, -0.15) is 10.2 Å². The molecule has 6 heteroatoms. The van der Waals surface area contributed by atoms with Gasteiger partial charge in [-0.25, -0.2) is 9.50 Å². The second kappa shape index (κ2) is 4.52. The van der Waals surface area contributed by atoms with Crippen LogP contribution in [0, 0.1) is 6.92 Å². The van der Waals surface area contributed by atoms with Crippen molar-refractivity contribution in [2.24, 2.45) is 0 Å². The van der Waals surface area contributed by atoms with Crippen LogP contribution in [-0.2, 0) is 0 Å². The molecule has 0 amide bonds. The predicted octanol–water partition coefficient (Wildman–Crippen LogP) is 2.49. The van der Waals surface area contributed by atoms with Crippen molar-refractivity contribution in [3.63, 3.8) is 0 Å². The third kappa shape index (κ3) is 1.88. The Morgan fingerprint density at radius 2 is 1.90 bits per heavy atom. The average Bonchev–Trinajstić information content (AvgIpc) is 3.13. The fourth-order valence-electron chi connectivity index (χ4n) is 2.35. The van der Waals surface area contributed by atoms with Gasteiger partial charge in [0.15, 0.2) is 5.65 Å². The highest BCUT2D eigenvalue weighted by Crippen LogP contribution is 2.23. The Hall–Kier alpha value is -3.02. The summed E-state index contributed by atoms with van der Waals surface area (Å²) < 4.78 is 1.84. The quantitative estimate of drug-likeness (QED) is 0.610. The fourth-order valence-corrected chi connectivity index (χ4v) is 2.35. The zero-order chi connectivity index (χ0) is 14.2. The molecule has 0 aliphatic rings. The first kappa shape index (κ1) is 11.8. The number of aromatic nitrogens is 6. The lowest BCUT2D eigenvalue weighted by atomic mass is 10.2. The highest BCUT2D eigenvalue weighted by molar-refractivity contribution is 5.66. The molecule has 0 aliphatic heterocycles. The molecule has 4 heterocycles. The van der Waals surface area contributed by atoms with Crippen molar-refractivity contribution >= 4 is 5.65 Å². The van der Waals surface area contributed by atoms with E-state index >= 15 is 0 Å². The summed E-state index contributed by atoms with van der Waals surface area (Å²) in [4.78, 5) is 8.44. The summed E-state index contributed by atoms with van der Waals surface area (Å²) in [7, 11) is 0. The molecule has 4 aromatic heterocycles. The Morgan fingerprint density at radius 3 is 2.67 bits per heavy atom. The highest BCUT2D eigenvalue weighted by Gasteiger charge is 2.10. The molecule has 102 valence electrons. The number of aromatic amines is 1. The number of rotatable bonds is 2. The number of nitrogens with one attached hydrogen (secondary N) is 1. The van der Waals surface area contributed by atoms with Crippen molar-refractivity contribution in [1.82, 2.24) is 29.8 Å². The number of fused-ring (bicyclic) bond motifs is 1. The first-order chi connectivity index (χ1) is 10.3. The monoisotopic (exact) mass is 276 g/mol. The van der Waals surface area contributed by atoms with E-state index in [2.05, 4.69) is 25.3 Å². The third-order valence-corrected chi connectivity index (χ3v) is 3.44. The summed E-state index contributed by atoms with van der Waals surface area (Å²) in [5.74, 6) is 0. The van der Waals surface area contributed by atoms with Gasteiger partial charge in [-0.3, -0.25) is 10.1 Å². The van der Waals surface area contributed by atoms with Crippen LogP contribution in [0.4, 0.5) is 0 Å². The van der Waals surface area contributed by atoms with Crippen molar-refractivity contribution in [3.8, 4) is 22.5 Å². The molecule has 0 unspecified atom stereocenters.